The summed E-state index contributed by atoms with van der Waals surface area (Å²) in [7, 11) is -3.46. The van der Waals surface area contributed by atoms with E-state index in [1.165, 1.54) is 0 Å². The second-order valence-corrected chi connectivity index (χ2v) is 4.86. The predicted molar refractivity (Wildman–Crippen MR) is 49.4 cm³/mol. The van der Waals surface area contributed by atoms with Gasteiger partial charge in [-0.05, 0) is 17.7 Å². The monoisotopic (exact) mass is 237 g/mol. The normalized spacial score (nSPS) is 12.8. The van der Waals surface area contributed by atoms with E-state index in [0.29, 0.717) is 0 Å². The summed E-state index contributed by atoms with van der Waals surface area (Å²) >= 11 is 0. The largest absolute Gasteiger partial charge is 0.416 e. The van der Waals surface area contributed by atoms with Gasteiger partial charge in [-0.25, -0.2) is 8.42 Å². The van der Waals surface area contributed by atoms with Crippen molar-refractivity contribution < 1.29 is 21.6 Å². The van der Waals surface area contributed by atoms with Crippen LogP contribution in [-0.2, 0) is 21.8 Å². The van der Waals surface area contributed by atoms with E-state index >= 15 is 0 Å². The molecule has 0 aliphatic heterocycles. The smallest absolute Gasteiger partial charge is 0.228 e. The summed E-state index contributed by atoms with van der Waals surface area (Å²) in [5.74, 6) is -0.356. The Bertz CT molecular complexity index is 431. The lowest BCUT2D eigenvalue weighted by Crippen LogP contribution is -2.05. The highest BCUT2D eigenvalue weighted by atomic mass is 32.2. The van der Waals surface area contributed by atoms with Crippen LogP contribution in [0.3, 0.4) is 0 Å². The lowest BCUT2D eigenvalue weighted by Gasteiger charge is -2.06. The first-order chi connectivity index (χ1) is 6.68. The van der Waals surface area contributed by atoms with Crippen molar-refractivity contribution in [3.05, 3.63) is 41.6 Å². The fourth-order valence-corrected chi connectivity index (χ4v) is 1.74. The lowest BCUT2D eigenvalue weighted by atomic mass is 10.1. The Hall–Kier alpha value is -1.04. The summed E-state index contributed by atoms with van der Waals surface area (Å²) in [6, 6.07) is 3.96. The molecule has 0 aliphatic rings. The molecule has 6 heteroatoms. The van der Waals surface area contributed by atoms with Crippen molar-refractivity contribution in [1.82, 2.24) is 0 Å². The third-order valence-electron chi connectivity index (χ3n) is 1.67. The zero-order valence-electron chi connectivity index (χ0n) is 7.58. The zero-order chi connectivity index (χ0) is 11.7. The quantitative estimate of drug-likeness (QED) is 0.791. The number of halogens is 3. The molecule has 1 rings (SSSR count). The molecular weight excluding hydrogens is 229 g/mol. The number of rotatable bonds is 2. The molecule has 0 unspecified atom stereocenters. The Labute approximate surface area is 85.6 Å². The maximum Gasteiger partial charge on any atom is 0.416 e. The fraction of sp³-hybridized carbons (Fsp3) is 0.222. The van der Waals surface area contributed by atoms with E-state index in [1.54, 1.807) is 0 Å². The molecule has 1 aromatic carbocycles. The van der Waals surface area contributed by atoms with Gasteiger partial charge in [-0.1, -0.05) is 12.1 Å². The molecule has 0 N–H and O–H groups in total. The van der Waals surface area contributed by atoms with Crippen molar-refractivity contribution in [2.45, 2.75) is 11.9 Å². The minimum absolute atomic E-state index is 0.290. The van der Waals surface area contributed by atoms with Gasteiger partial charge in [0, 0.05) is 0 Å². The summed E-state index contributed by atoms with van der Waals surface area (Å²) < 4.78 is 57.9. The Morgan fingerprint density at radius 1 is 1.13 bits per heavy atom. The molecule has 0 fully saturated rings. The van der Waals surface area contributed by atoms with Crippen LogP contribution < -0.4 is 0 Å². The van der Waals surface area contributed by atoms with Crippen LogP contribution in [0.25, 0.3) is 0 Å². The van der Waals surface area contributed by atoms with Gasteiger partial charge in [-0.3, -0.25) is 0 Å². The topological polar surface area (TPSA) is 34.1 Å². The average Bonchev–Trinajstić information content (AvgIpc) is 2.00. The van der Waals surface area contributed by atoms with Gasteiger partial charge in [-0.2, -0.15) is 13.2 Å². The third-order valence-corrected chi connectivity index (χ3v) is 2.44. The van der Waals surface area contributed by atoms with E-state index in [-0.39, 0.29) is 11.3 Å². The maximum absolute atomic E-state index is 12.1. The van der Waals surface area contributed by atoms with E-state index in [0.717, 1.165) is 24.3 Å². The summed E-state index contributed by atoms with van der Waals surface area (Å²) in [5, 5.41) is 0. The Balaban J connectivity index is 2.91. The molecule has 0 bridgehead atoms. The molecule has 2 nitrogen and oxygen atoms in total. The van der Waals surface area contributed by atoms with Gasteiger partial charge in [0.05, 0.1) is 17.6 Å². The minimum Gasteiger partial charge on any atom is -0.228 e. The first-order valence-electron chi connectivity index (χ1n) is 3.90. The molecule has 0 heterocycles. The van der Waals surface area contributed by atoms with Crippen molar-refractivity contribution in [2.24, 2.45) is 0 Å². The molecule has 15 heavy (non-hydrogen) atoms. The highest BCUT2D eigenvalue weighted by molar-refractivity contribution is 7.91. The second kappa shape index (κ2) is 3.84. The van der Waals surface area contributed by atoms with Gasteiger partial charge in [0.15, 0.2) is 9.84 Å². The van der Waals surface area contributed by atoms with E-state index < -0.39 is 21.6 Å². The summed E-state index contributed by atoms with van der Waals surface area (Å²) in [5.41, 5.74) is -0.509. The molecule has 1 radical (unpaired) electrons. The molecule has 0 saturated heterocycles. The van der Waals surface area contributed by atoms with Crippen molar-refractivity contribution in [3.63, 3.8) is 0 Å². The third kappa shape index (κ3) is 3.91. The molecule has 0 aliphatic carbocycles. The molecule has 0 amide bonds. The van der Waals surface area contributed by atoms with Gasteiger partial charge < -0.3 is 0 Å². The number of sulfone groups is 1. The Kier molecular flexibility index (Phi) is 3.08. The number of hydrogen-bond donors (Lipinski definition) is 0. The standard InChI is InChI=1S/C9H8F3O2S/c1-15(13,14)6-7-2-4-8(5-3-7)9(10,11)12/h2-5H,1,6H2. The molecule has 83 valence electrons. The van der Waals surface area contributed by atoms with Gasteiger partial charge in [0.1, 0.15) is 0 Å². The SMILES string of the molecule is [CH2]S(=O)(=O)Cc1ccc(C(F)(F)F)cc1. The van der Waals surface area contributed by atoms with Crippen LogP contribution in [-0.4, -0.2) is 8.42 Å². The van der Waals surface area contributed by atoms with Crippen LogP contribution in [0.1, 0.15) is 11.1 Å². The van der Waals surface area contributed by atoms with Crippen molar-refractivity contribution in [1.29, 1.82) is 0 Å². The Morgan fingerprint density at radius 3 is 1.93 bits per heavy atom. The van der Waals surface area contributed by atoms with E-state index in [2.05, 4.69) is 6.26 Å². The fourth-order valence-electron chi connectivity index (χ4n) is 1.04. The molecule has 0 aromatic heterocycles. The van der Waals surface area contributed by atoms with Crippen molar-refractivity contribution in [2.75, 3.05) is 0 Å². The zero-order valence-corrected chi connectivity index (χ0v) is 8.40. The summed E-state index contributed by atoms with van der Waals surface area (Å²) in [6.07, 6.45) is -1.51. The molecule has 0 atom stereocenters. The highest BCUT2D eigenvalue weighted by Gasteiger charge is 2.29. The van der Waals surface area contributed by atoms with Crippen molar-refractivity contribution >= 4 is 9.84 Å². The number of alkyl halides is 3. The van der Waals surface area contributed by atoms with Crippen LogP contribution >= 0.6 is 0 Å². The molecule has 0 spiro atoms. The van der Waals surface area contributed by atoms with Crippen LogP contribution in [0.4, 0.5) is 13.2 Å². The predicted octanol–water partition coefficient (Wildman–Crippen LogP) is 2.41. The summed E-state index contributed by atoms with van der Waals surface area (Å²) in [4.78, 5) is 0. The first-order valence-corrected chi connectivity index (χ1v) is 5.72. The van der Waals surface area contributed by atoms with Crippen molar-refractivity contribution in [3.8, 4) is 0 Å². The van der Waals surface area contributed by atoms with Gasteiger partial charge >= 0.3 is 6.18 Å². The van der Waals surface area contributed by atoms with Crippen LogP contribution in [0.2, 0.25) is 0 Å². The van der Waals surface area contributed by atoms with Gasteiger partial charge in [0.25, 0.3) is 0 Å². The summed E-state index contributed by atoms with van der Waals surface area (Å²) in [6.45, 7) is 0. The minimum atomic E-state index is -4.40. The van der Waals surface area contributed by atoms with Crippen LogP contribution in [0, 0.1) is 6.26 Å². The highest BCUT2D eigenvalue weighted by Crippen LogP contribution is 2.29. The number of benzene rings is 1. The Morgan fingerprint density at radius 2 is 1.60 bits per heavy atom. The maximum atomic E-state index is 12.1. The molecule has 1 aromatic rings. The first kappa shape index (κ1) is 12.0. The van der Waals surface area contributed by atoms with E-state index in [4.69, 9.17) is 0 Å². The van der Waals surface area contributed by atoms with Crippen LogP contribution in [0.5, 0.6) is 0 Å². The number of hydrogen-bond acceptors (Lipinski definition) is 2. The molecule has 0 saturated carbocycles. The van der Waals surface area contributed by atoms with E-state index in [1.807, 2.05) is 0 Å². The molecular formula is C9H8F3O2S. The van der Waals surface area contributed by atoms with E-state index in [9.17, 15) is 21.6 Å². The van der Waals surface area contributed by atoms with Gasteiger partial charge in [0.2, 0.25) is 0 Å². The van der Waals surface area contributed by atoms with Gasteiger partial charge in [-0.15, -0.1) is 0 Å². The second-order valence-electron chi connectivity index (χ2n) is 3.08. The lowest BCUT2D eigenvalue weighted by molar-refractivity contribution is -0.137. The average molecular weight is 237 g/mol. The van der Waals surface area contributed by atoms with Crippen LogP contribution in [0.15, 0.2) is 24.3 Å².